The highest BCUT2D eigenvalue weighted by atomic mass is 35.5. The summed E-state index contributed by atoms with van der Waals surface area (Å²) in [5, 5.41) is 6.89. The smallest absolute Gasteiger partial charge is 0.255 e. The van der Waals surface area contributed by atoms with Crippen molar-refractivity contribution >= 4 is 28.9 Å². The van der Waals surface area contributed by atoms with Crippen LogP contribution in [0.25, 0.3) is 0 Å². The van der Waals surface area contributed by atoms with Crippen LogP contribution in [-0.4, -0.2) is 12.5 Å². The molecule has 2 aromatic rings. The second kappa shape index (κ2) is 5.55. The van der Waals surface area contributed by atoms with E-state index in [1.807, 2.05) is 12.1 Å². The second-order valence-electron chi connectivity index (χ2n) is 4.86. The van der Waals surface area contributed by atoms with Gasteiger partial charge in [0.05, 0.1) is 0 Å². The van der Waals surface area contributed by atoms with E-state index < -0.39 is 0 Å². The van der Waals surface area contributed by atoms with Gasteiger partial charge in [0.25, 0.3) is 5.91 Å². The first-order valence-corrected chi connectivity index (χ1v) is 7.04. The SMILES string of the molecule is O=C(Nc1ccc2c(c1)NCCC2)c1ccc(Cl)cc1. The monoisotopic (exact) mass is 286 g/mol. The van der Waals surface area contributed by atoms with Crippen LogP contribution in [0.1, 0.15) is 22.3 Å². The van der Waals surface area contributed by atoms with Crippen LogP contribution in [0.3, 0.4) is 0 Å². The largest absolute Gasteiger partial charge is 0.385 e. The number of hydrogen-bond donors (Lipinski definition) is 2. The van der Waals surface area contributed by atoms with E-state index in [2.05, 4.69) is 16.7 Å². The molecule has 0 unspecified atom stereocenters. The Morgan fingerprint density at radius 2 is 1.95 bits per heavy atom. The standard InChI is InChI=1S/C16H15ClN2O/c17-13-6-3-12(4-7-13)16(20)19-14-8-5-11-2-1-9-18-15(11)10-14/h3-8,10,18H,1-2,9H2,(H,19,20). The van der Waals surface area contributed by atoms with Crippen LogP contribution in [-0.2, 0) is 6.42 Å². The molecule has 3 nitrogen and oxygen atoms in total. The highest BCUT2D eigenvalue weighted by molar-refractivity contribution is 6.30. The molecule has 2 N–H and O–H groups in total. The first kappa shape index (κ1) is 13.0. The molecule has 0 saturated carbocycles. The van der Waals surface area contributed by atoms with E-state index in [0.29, 0.717) is 10.6 Å². The molecular formula is C16H15ClN2O. The minimum atomic E-state index is -0.127. The van der Waals surface area contributed by atoms with Crippen LogP contribution < -0.4 is 10.6 Å². The zero-order valence-electron chi connectivity index (χ0n) is 10.9. The Morgan fingerprint density at radius 1 is 1.15 bits per heavy atom. The van der Waals surface area contributed by atoms with Gasteiger partial charge in [0.1, 0.15) is 0 Å². The second-order valence-corrected chi connectivity index (χ2v) is 5.30. The third kappa shape index (κ3) is 2.78. The normalized spacial score (nSPS) is 13.2. The fourth-order valence-corrected chi connectivity index (χ4v) is 2.47. The maximum atomic E-state index is 12.1. The van der Waals surface area contributed by atoms with Gasteiger partial charge in [-0.3, -0.25) is 4.79 Å². The number of anilines is 2. The van der Waals surface area contributed by atoms with E-state index in [4.69, 9.17) is 11.6 Å². The van der Waals surface area contributed by atoms with E-state index in [9.17, 15) is 4.79 Å². The molecule has 0 radical (unpaired) electrons. The molecule has 1 amide bonds. The maximum absolute atomic E-state index is 12.1. The van der Waals surface area contributed by atoms with Gasteiger partial charge in [-0.15, -0.1) is 0 Å². The van der Waals surface area contributed by atoms with Gasteiger partial charge >= 0.3 is 0 Å². The molecule has 1 aliphatic heterocycles. The van der Waals surface area contributed by atoms with Crippen molar-refractivity contribution < 1.29 is 4.79 Å². The van der Waals surface area contributed by atoms with E-state index in [1.165, 1.54) is 5.56 Å². The number of fused-ring (bicyclic) bond motifs is 1. The first-order chi connectivity index (χ1) is 9.72. The van der Waals surface area contributed by atoms with Gasteiger partial charge in [-0.1, -0.05) is 17.7 Å². The Hall–Kier alpha value is -2.00. The van der Waals surface area contributed by atoms with Crippen LogP contribution in [0.15, 0.2) is 42.5 Å². The molecular weight excluding hydrogens is 272 g/mol. The summed E-state index contributed by atoms with van der Waals surface area (Å²) in [5.74, 6) is -0.127. The molecule has 1 heterocycles. The van der Waals surface area contributed by atoms with Crippen LogP contribution >= 0.6 is 11.6 Å². The number of aryl methyl sites for hydroxylation is 1. The molecule has 0 bridgehead atoms. The average Bonchev–Trinajstić information content (AvgIpc) is 2.48. The number of nitrogens with one attached hydrogen (secondary N) is 2. The van der Waals surface area contributed by atoms with Crippen molar-refractivity contribution in [2.24, 2.45) is 0 Å². The van der Waals surface area contributed by atoms with Crippen molar-refractivity contribution in [2.75, 3.05) is 17.2 Å². The Bertz CT molecular complexity index is 637. The molecule has 0 atom stereocenters. The third-order valence-electron chi connectivity index (χ3n) is 3.41. The van der Waals surface area contributed by atoms with Gasteiger partial charge in [0, 0.05) is 28.5 Å². The van der Waals surface area contributed by atoms with Gasteiger partial charge < -0.3 is 10.6 Å². The number of benzene rings is 2. The average molecular weight is 287 g/mol. The summed E-state index contributed by atoms with van der Waals surface area (Å²) in [4.78, 5) is 12.1. The quantitative estimate of drug-likeness (QED) is 0.878. The van der Waals surface area contributed by atoms with Gasteiger partial charge in [0.15, 0.2) is 0 Å². The summed E-state index contributed by atoms with van der Waals surface area (Å²) >= 11 is 5.82. The lowest BCUT2D eigenvalue weighted by Crippen LogP contribution is -2.14. The van der Waals surface area contributed by atoms with Gasteiger partial charge in [-0.25, -0.2) is 0 Å². The lowest BCUT2D eigenvalue weighted by atomic mass is 10.0. The number of carbonyl (C=O) groups is 1. The Kier molecular flexibility index (Phi) is 3.61. The van der Waals surface area contributed by atoms with Crippen molar-refractivity contribution in [1.29, 1.82) is 0 Å². The van der Waals surface area contributed by atoms with Crippen LogP contribution in [0.5, 0.6) is 0 Å². The molecule has 102 valence electrons. The van der Waals surface area contributed by atoms with Gasteiger partial charge in [-0.05, 0) is 54.8 Å². The van der Waals surface area contributed by atoms with Crippen molar-refractivity contribution in [2.45, 2.75) is 12.8 Å². The zero-order chi connectivity index (χ0) is 13.9. The number of carbonyl (C=O) groups excluding carboxylic acids is 1. The van der Waals surface area contributed by atoms with Crippen molar-refractivity contribution in [3.63, 3.8) is 0 Å². The predicted molar refractivity (Wildman–Crippen MR) is 82.7 cm³/mol. The molecule has 0 fully saturated rings. The summed E-state index contributed by atoms with van der Waals surface area (Å²) in [6, 6.07) is 12.9. The van der Waals surface area contributed by atoms with E-state index in [-0.39, 0.29) is 5.91 Å². The molecule has 0 spiro atoms. The number of halogens is 1. The lowest BCUT2D eigenvalue weighted by Gasteiger charge is -2.18. The minimum Gasteiger partial charge on any atom is -0.385 e. The predicted octanol–water partition coefficient (Wildman–Crippen LogP) is 3.95. The Labute approximate surface area is 123 Å². The van der Waals surface area contributed by atoms with E-state index in [0.717, 1.165) is 30.8 Å². The lowest BCUT2D eigenvalue weighted by molar-refractivity contribution is 0.102. The Balaban J connectivity index is 1.77. The summed E-state index contributed by atoms with van der Waals surface area (Å²) in [5.41, 5.74) is 3.82. The molecule has 4 heteroatoms. The molecule has 0 aromatic heterocycles. The fourth-order valence-electron chi connectivity index (χ4n) is 2.34. The maximum Gasteiger partial charge on any atom is 0.255 e. The van der Waals surface area contributed by atoms with Gasteiger partial charge in [0.2, 0.25) is 0 Å². The highest BCUT2D eigenvalue weighted by Gasteiger charge is 2.11. The minimum absolute atomic E-state index is 0.127. The third-order valence-corrected chi connectivity index (χ3v) is 3.66. The van der Waals surface area contributed by atoms with E-state index in [1.54, 1.807) is 24.3 Å². The van der Waals surface area contributed by atoms with E-state index >= 15 is 0 Å². The van der Waals surface area contributed by atoms with Crippen molar-refractivity contribution in [3.05, 3.63) is 58.6 Å². The first-order valence-electron chi connectivity index (χ1n) is 6.66. The van der Waals surface area contributed by atoms with Crippen molar-refractivity contribution in [1.82, 2.24) is 0 Å². The van der Waals surface area contributed by atoms with Crippen LogP contribution in [0.4, 0.5) is 11.4 Å². The van der Waals surface area contributed by atoms with Crippen LogP contribution in [0, 0.1) is 0 Å². The summed E-state index contributed by atoms with van der Waals surface area (Å²) in [6.07, 6.45) is 2.25. The molecule has 0 aliphatic carbocycles. The topological polar surface area (TPSA) is 41.1 Å². The number of hydrogen-bond acceptors (Lipinski definition) is 2. The number of rotatable bonds is 2. The Morgan fingerprint density at radius 3 is 2.75 bits per heavy atom. The van der Waals surface area contributed by atoms with Crippen LogP contribution in [0.2, 0.25) is 5.02 Å². The number of amides is 1. The summed E-state index contributed by atoms with van der Waals surface area (Å²) in [6.45, 7) is 0.988. The summed E-state index contributed by atoms with van der Waals surface area (Å²) < 4.78 is 0. The summed E-state index contributed by atoms with van der Waals surface area (Å²) in [7, 11) is 0. The van der Waals surface area contributed by atoms with Gasteiger partial charge in [-0.2, -0.15) is 0 Å². The highest BCUT2D eigenvalue weighted by Crippen LogP contribution is 2.25. The molecule has 20 heavy (non-hydrogen) atoms. The molecule has 2 aromatic carbocycles. The molecule has 1 aliphatic rings. The zero-order valence-corrected chi connectivity index (χ0v) is 11.7. The van der Waals surface area contributed by atoms with Crippen molar-refractivity contribution in [3.8, 4) is 0 Å². The molecule has 3 rings (SSSR count). The fraction of sp³-hybridized carbons (Fsp3) is 0.188. The molecule has 0 saturated heterocycles.